The molecule has 0 atom stereocenters. The first-order chi connectivity index (χ1) is 8.61. The van der Waals surface area contributed by atoms with Gasteiger partial charge in [-0.1, -0.05) is 11.6 Å². The third-order valence-corrected chi connectivity index (χ3v) is 2.43. The van der Waals surface area contributed by atoms with Gasteiger partial charge >= 0.3 is 0 Å². The molecule has 0 aromatic heterocycles. The van der Waals surface area contributed by atoms with Gasteiger partial charge in [-0.15, -0.1) is 0 Å². The molecule has 18 heavy (non-hydrogen) atoms. The first-order valence-corrected chi connectivity index (χ1v) is 5.96. The zero-order chi connectivity index (χ0) is 13.4. The van der Waals surface area contributed by atoms with Crippen molar-refractivity contribution >= 4 is 29.1 Å². The molecule has 1 aromatic carbocycles. The molecule has 98 valence electrons. The SMILES string of the molecule is CNCCC(=O)NCC(=O)Nc1ccc(Cl)cc1. The predicted molar refractivity (Wildman–Crippen MR) is 71.6 cm³/mol. The summed E-state index contributed by atoms with van der Waals surface area (Å²) >= 11 is 5.72. The Kier molecular flexibility index (Phi) is 6.18. The van der Waals surface area contributed by atoms with Crippen molar-refractivity contribution in [2.24, 2.45) is 0 Å². The summed E-state index contributed by atoms with van der Waals surface area (Å²) in [6.07, 6.45) is 0.352. The molecule has 0 fully saturated rings. The van der Waals surface area contributed by atoms with Crippen molar-refractivity contribution in [3.63, 3.8) is 0 Å². The van der Waals surface area contributed by atoms with Crippen LogP contribution in [0.2, 0.25) is 5.02 Å². The molecule has 2 amide bonds. The van der Waals surface area contributed by atoms with Gasteiger partial charge in [-0.3, -0.25) is 9.59 Å². The first-order valence-electron chi connectivity index (χ1n) is 5.58. The van der Waals surface area contributed by atoms with Crippen LogP contribution in [-0.4, -0.2) is 32.0 Å². The quantitative estimate of drug-likeness (QED) is 0.722. The minimum absolute atomic E-state index is 0.0365. The lowest BCUT2D eigenvalue weighted by Crippen LogP contribution is -2.34. The third-order valence-electron chi connectivity index (χ3n) is 2.18. The molecule has 0 heterocycles. The second-order valence-electron chi connectivity index (χ2n) is 3.69. The Morgan fingerprint density at radius 3 is 2.44 bits per heavy atom. The maximum absolute atomic E-state index is 11.5. The van der Waals surface area contributed by atoms with Gasteiger partial charge in [-0.05, 0) is 31.3 Å². The Labute approximate surface area is 111 Å². The topological polar surface area (TPSA) is 70.2 Å². The first kappa shape index (κ1) is 14.5. The molecule has 1 aromatic rings. The second-order valence-corrected chi connectivity index (χ2v) is 4.12. The van der Waals surface area contributed by atoms with E-state index in [9.17, 15) is 9.59 Å². The number of hydrogen-bond acceptors (Lipinski definition) is 3. The Morgan fingerprint density at radius 2 is 1.83 bits per heavy atom. The largest absolute Gasteiger partial charge is 0.347 e. The number of hydrogen-bond donors (Lipinski definition) is 3. The van der Waals surface area contributed by atoms with Crippen molar-refractivity contribution in [3.05, 3.63) is 29.3 Å². The monoisotopic (exact) mass is 269 g/mol. The lowest BCUT2D eigenvalue weighted by molar-refractivity contribution is -0.124. The van der Waals surface area contributed by atoms with Gasteiger partial charge < -0.3 is 16.0 Å². The Balaban J connectivity index is 2.29. The van der Waals surface area contributed by atoms with E-state index < -0.39 is 0 Å². The van der Waals surface area contributed by atoms with Crippen LogP contribution in [0.1, 0.15) is 6.42 Å². The van der Waals surface area contributed by atoms with Crippen molar-refractivity contribution in [3.8, 4) is 0 Å². The highest BCUT2D eigenvalue weighted by molar-refractivity contribution is 6.30. The second kappa shape index (κ2) is 7.68. The third kappa shape index (κ3) is 5.65. The summed E-state index contributed by atoms with van der Waals surface area (Å²) in [4.78, 5) is 22.8. The van der Waals surface area contributed by atoms with Gasteiger partial charge in [0.05, 0.1) is 6.54 Å². The molecule has 5 nitrogen and oxygen atoms in total. The molecule has 0 aliphatic heterocycles. The van der Waals surface area contributed by atoms with Crippen LogP contribution in [0.3, 0.4) is 0 Å². The van der Waals surface area contributed by atoms with E-state index in [0.29, 0.717) is 23.7 Å². The predicted octanol–water partition coefficient (Wildman–Crippen LogP) is 1.00. The number of benzene rings is 1. The van der Waals surface area contributed by atoms with Gasteiger partial charge in [0.1, 0.15) is 0 Å². The molecule has 3 N–H and O–H groups in total. The molecular weight excluding hydrogens is 254 g/mol. The van der Waals surface area contributed by atoms with E-state index in [4.69, 9.17) is 11.6 Å². The molecule has 0 unspecified atom stereocenters. The van der Waals surface area contributed by atoms with Crippen LogP contribution in [0.15, 0.2) is 24.3 Å². The maximum Gasteiger partial charge on any atom is 0.243 e. The minimum atomic E-state index is -0.268. The van der Waals surface area contributed by atoms with E-state index in [1.54, 1.807) is 31.3 Å². The molecule has 0 saturated carbocycles. The van der Waals surface area contributed by atoms with E-state index in [-0.39, 0.29) is 18.4 Å². The fourth-order valence-electron chi connectivity index (χ4n) is 1.24. The van der Waals surface area contributed by atoms with Crippen LogP contribution in [0, 0.1) is 0 Å². The molecule has 6 heteroatoms. The zero-order valence-corrected chi connectivity index (χ0v) is 10.9. The smallest absolute Gasteiger partial charge is 0.243 e. The van der Waals surface area contributed by atoms with E-state index in [2.05, 4.69) is 16.0 Å². The van der Waals surface area contributed by atoms with Crippen LogP contribution in [0.5, 0.6) is 0 Å². The lowest BCUT2D eigenvalue weighted by Gasteiger charge is -2.06. The number of rotatable bonds is 6. The fourth-order valence-corrected chi connectivity index (χ4v) is 1.37. The van der Waals surface area contributed by atoms with Gasteiger partial charge in [0.15, 0.2) is 0 Å². The highest BCUT2D eigenvalue weighted by Crippen LogP contribution is 2.12. The summed E-state index contributed by atoms with van der Waals surface area (Å²) in [7, 11) is 1.76. The number of anilines is 1. The summed E-state index contributed by atoms with van der Waals surface area (Å²) in [5.41, 5.74) is 0.647. The molecule has 1 rings (SSSR count). The molecule has 0 saturated heterocycles. The lowest BCUT2D eigenvalue weighted by atomic mass is 10.3. The van der Waals surface area contributed by atoms with Crippen molar-refractivity contribution in [2.75, 3.05) is 25.5 Å². The Morgan fingerprint density at radius 1 is 1.17 bits per heavy atom. The highest BCUT2D eigenvalue weighted by atomic mass is 35.5. The molecule has 0 bridgehead atoms. The van der Waals surface area contributed by atoms with Crippen LogP contribution < -0.4 is 16.0 Å². The van der Waals surface area contributed by atoms with Gasteiger partial charge in [0, 0.05) is 23.7 Å². The van der Waals surface area contributed by atoms with Crippen LogP contribution >= 0.6 is 11.6 Å². The standard InChI is InChI=1S/C12H16ClN3O2/c1-14-7-6-11(17)15-8-12(18)16-10-4-2-9(13)3-5-10/h2-5,14H,6-8H2,1H3,(H,15,17)(H,16,18). The summed E-state index contributed by atoms with van der Waals surface area (Å²) in [6, 6.07) is 6.76. The maximum atomic E-state index is 11.5. The highest BCUT2D eigenvalue weighted by Gasteiger charge is 2.05. The minimum Gasteiger partial charge on any atom is -0.347 e. The number of carbonyl (C=O) groups is 2. The fraction of sp³-hybridized carbons (Fsp3) is 0.333. The van der Waals surface area contributed by atoms with Crippen molar-refractivity contribution < 1.29 is 9.59 Å². The van der Waals surface area contributed by atoms with E-state index in [1.807, 2.05) is 0 Å². The molecule has 0 aliphatic carbocycles. The average Bonchev–Trinajstić information content (AvgIpc) is 2.36. The van der Waals surface area contributed by atoms with Crippen LogP contribution in [-0.2, 0) is 9.59 Å². The molecule has 0 spiro atoms. The number of amides is 2. The Hall–Kier alpha value is -1.59. The average molecular weight is 270 g/mol. The number of nitrogens with one attached hydrogen (secondary N) is 3. The summed E-state index contributed by atoms with van der Waals surface area (Å²) < 4.78 is 0. The van der Waals surface area contributed by atoms with Crippen molar-refractivity contribution in [1.82, 2.24) is 10.6 Å². The molecule has 0 radical (unpaired) electrons. The van der Waals surface area contributed by atoms with E-state index in [1.165, 1.54) is 0 Å². The van der Waals surface area contributed by atoms with Gasteiger partial charge in [-0.2, -0.15) is 0 Å². The van der Waals surface area contributed by atoms with Crippen LogP contribution in [0.25, 0.3) is 0 Å². The van der Waals surface area contributed by atoms with Gasteiger partial charge in [0.2, 0.25) is 11.8 Å². The van der Waals surface area contributed by atoms with Crippen molar-refractivity contribution in [2.45, 2.75) is 6.42 Å². The molecule has 0 aliphatic rings. The van der Waals surface area contributed by atoms with Gasteiger partial charge in [-0.25, -0.2) is 0 Å². The van der Waals surface area contributed by atoms with Crippen LogP contribution in [0.4, 0.5) is 5.69 Å². The molecular formula is C12H16ClN3O2. The summed E-state index contributed by atoms with van der Waals surface area (Å²) in [6.45, 7) is 0.551. The number of carbonyl (C=O) groups excluding carboxylic acids is 2. The summed E-state index contributed by atoms with van der Waals surface area (Å²) in [5.74, 6) is -0.425. The Bertz CT molecular complexity index is 406. The number of halogens is 1. The van der Waals surface area contributed by atoms with Crippen molar-refractivity contribution in [1.29, 1.82) is 0 Å². The van der Waals surface area contributed by atoms with E-state index >= 15 is 0 Å². The zero-order valence-electron chi connectivity index (χ0n) is 10.1. The summed E-state index contributed by atoms with van der Waals surface area (Å²) in [5, 5.41) is 8.65. The normalized spacial score (nSPS) is 9.89. The van der Waals surface area contributed by atoms with Gasteiger partial charge in [0.25, 0.3) is 0 Å². The van der Waals surface area contributed by atoms with E-state index in [0.717, 1.165) is 0 Å².